The first-order chi connectivity index (χ1) is 13.4. The summed E-state index contributed by atoms with van der Waals surface area (Å²) in [5.41, 5.74) is -1.42. The lowest BCUT2D eigenvalue weighted by Gasteiger charge is -2.27. The number of amides is 2. The van der Waals surface area contributed by atoms with Gasteiger partial charge >= 0.3 is 5.97 Å². The van der Waals surface area contributed by atoms with Crippen LogP contribution in [0.1, 0.15) is 25.0 Å². The fourth-order valence-corrected chi connectivity index (χ4v) is 2.67. The van der Waals surface area contributed by atoms with E-state index in [1.807, 2.05) is 0 Å². The third-order valence-electron chi connectivity index (χ3n) is 4.13. The molecule has 0 heterocycles. The Bertz CT molecular complexity index is 769. The van der Waals surface area contributed by atoms with E-state index in [1.54, 1.807) is 67.6 Å². The summed E-state index contributed by atoms with van der Waals surface area (Å²) in [7, 11) is 0. The van der Waals surface area contributed by atoms with Crippen molar-refractivity contribution in [2.24, 2.45) is 0 Å². The first kappa shape index (κ1) is 21.1. The zero-order valence-electron chi connectivity index (χ0n) is 15.8. The van der Waals surface area contributed by atoms with Gasteiger partial charge in [0.1, 0.15) is 6.04 Å². The van der Waals surface area contributed by atoms with Crippen LogP contribution in [0.4, 0.5) is 0 Å². The maximum absolute atomic E-state index is 12.8. The van der Waals surface area contributed by atoms with Crippen molar-refractivity contribution in [3.8, 4) is 0 Å². The van der Waals surface area contributed by atoms with Gasteiger partial charge < -0.3 is 20.5 Å². The van der Waals surface area contributed by atoms with Gasteiger partial charge in [0.05, 0.1) is 0 Å². The Morgan fingerprint density at radius 1 is 1.00 bits per heavy atom. The molecule has 2 amide bonds. The second kappa shape index (κ2) is 9.66. The lowest BCUT2D eigenvalue weighted by atomic mass is 9.86. The minimum Gasteiger partial charge on any atom is -0.453 e. The number of likely N-dealkylation sites (N-methyl/N-ethyl adjacent to an activating group) is 1. The van der Waals surface area contributed by atoms with Gasteiger partial charge in [-0.15, -0.1) is 0 Å². The Morgan fingerprint density at radius 3 is 1.96 bits per heavy atom. The fraction of sp³-hybridized carbons (Fsp3) is 0.286. The van der Waals surface area contributed by atoms with Crippen LogP contribution in [-0.2, 0) is 24.7 Å². The highest BCUT2D eigenvalue weighted by Crippen LogP contribution is 2.30. The van der Waals surface area contributed by atoms with Crippen LogP contribution in [0.15, 0.2) is 60.7 Å². The van der Waals surface area contributed by atoms with Crippen LogP contribution < -0.4 is 10.6 Å². The van der Waals surface area contributed by atoms with Crippen LogP contribution in [0.3, 0.4) is 0 Å². The van der Waals surface area contributed by atoms with Gasteiger partial charge in [0.15, 0.2) is 6.61 Å². The number of carbonyl (C=O) groups excluding carboxylic acids is 3. The van der Waals surface area contributed by atoms with Gasteiger partial charge in [-0.3, -0.25) is 9.59 Å². The number of carbonyl (C=O) groups is 3. The predicted octanol–water partition coefficient (Wildman–Crippen LogP) is 1.11. The zero-order valence-corrected chi connectivity index (χ0v) is 15.8. The van der Waals surface area contributed by atoms with Crippen molar-refractivity contribution in [2.75, 3.05) is 13.2 Å². The van der Waals surface area contributed by atoms with Crippen molar-refractivity contribution in [1.82, 2.24) is 10.6 Å². The second-order valence-electron chi connectivity index (χ2n) is 6.20. The van der Waals surface area contributed by atoms with E-state index in [2.05, 4.69) is 10.6 Å². The summed E-state index contributed by atoms with van der Waals surface area (Å²) in [6, 6.07) is 15.9. The normalized spacial score (nSPS) is 12.0. The van der Waals surface area contributed by atoms with Crippen molar-refractivity contribution in [3.05, 3.63) is 71.8 Å². The van der Waals surface area contributed by atoms with Crippen LogP contribution in [0.25, 0.3) is 0 Å². The molecule has 1 atom stereocenters. The van der Waals surface area contributed by atoms with Gasteiger partial charge in [-0.05, 0) is 25.0 Å². The third-order valence-corrected chi connectivity index (χ3v) is 4.13. The molecule has 0 saturated heterocycles. The molecule has 2 aromatic rings. The molecule has 0 unspecified atom stereocenters. The van der Waals surface area contributed by atoms with Crippen LogP contribution in [0.2, 0.25) is 0 Å². The standard InChI is InChI=1S/C21H24N2O5/c1-3-22-19(25)15(2)23-18(24)14-28-20(26)21(27,16-10-6-4-7-11-16)17-12-8-5-9-13-17/h4-13,15,27H,3,14H2,1-2H3,(H,22,25)(H,23,24)/t15-/m0/s1. The fourth-order valence-electron chi connectivity index (χ4n) is 2.67. The van der Waals surface area contributed by atoms with Crippen molar-refractivity contribution in [3.63, 3.8) is 0 Å². The molecule has 0 spiro atoms. The molecule has 0 aliphatic rings. The second-order valence-corrected chi connectivity index (χ2v) is 6.20. The molecule has 2 aromatic carbocycles. The Hall–Kier alpha value is -3.19. The van der Waals surface area contributed by atoms with Crippen LogP contribution in [0.5, 0.6) is 0 Å². The van der Waals surface area contributed by atoms with Gasteiger partial charge in [-0.2, -0.15) is 0 Å². The molecule has 0 bridgehead atoms. The molecule has 0 aromatic heterocycles. The first-order valence-electron chi connectivity index (χ1n) is 8.97. The highest BCUT2D eigenvalue weighted by molar-refractivity contribution is 5.90. The van der Waals surface area contributed by atoms with Gasteiger partial charge in [0.25, 0.3) is 5.91 Å². The zero-order chi connectivity index (χ0) is 20.6. The highest BCUT2D eigenvalue weighted by atomic mass is 16.6. The average Bonchev–Trinajstić information content (AvgIpc) is 2.72. The Balaban J connectivity index is 2.12. The lowest BCUT2D eigenvalue weighted by molar-refractivity contribution is -0.164. The summed E-state index contributed by atoms with van der Waals surface area (Å²) < 4.78 is 5.09. The third kappa shape index (κ3) is 4.95. The predicted molar refractivity (Wildman–Crippen MR) is 103 cm³/mol. The largest absolute Gasteiger partial charge is 0.453 e. The highest BCUT2D eigenvalue weighted by Gasteiger charge is 2.41. The summed E-state index contributed by atoms with van der Waals surface area (Å²) in [5.74, 6) is -1.96. The molecule has 148 valence electrons. The van der Waals surface area contributed by atoms with Crippen molar-refractivity contribution < 1.29 is 24.2 Å². The topological polar surface area (TPSA) is 105 Å². The molecule has 7 nitrogen and oxygen atoms in total. The number of hydrogen-bond acceptors (Lipinski definition) is 5. The van der Waals surface area contributed by atoms with Crippen molar-refractivity contribution in [2.45, 2.75) is 25.5 Å². The summed E-state index contributed by atoms with van der Waals surface area (Å²) >= 11 is 0. The van der Waals surface area contributed by atoms with Gasteiger partial charge in [-0.25, -0.2) is 4.79 Å². The van der Waals surface area contributed by atoms with Crippen LogP contribution in [0, 0.1) is 0 Å². The first-order valence-corrected chi connectivity index (χ1v) is 8.97. The molecular weight excluding hydrogens is 360 g/mol. The Kier molecular flexibility index (Phi) is 7.28. The number of rotatable bonds is 8. The van der Waals surface area contributed by atoms with E-state index in [1.165, 1.54) is 6.92 Å². The minimum absolute atomic E-state index is 0.322. The molecule has 28 heavy (non-hydrogen) atoms. The van der Waals surface area contributed by atoms with Crippen LogP contribution in [-0.4, -0.2) is 42.1 Å². The number of esters is 1. The lowest BCUT2D eigenvalue weighted by Crippen LogP contribution is -2.47. The summed E-state index contributed by atoms with van der Waals surface area (Å²) in [6.45, 7) is 3.11. The molecule has 0 saturated carbocycles. The van der Waals surface area contributed by atoms with E-state index in [0.717, 1.165) is 0 Å². The smallest absolute Gasteiger partial charge is 0.348 e. The summed E-state index contributed by atoms with van der Waals surface area (Å²) in [6.07, 6.45) is 0. The average molecular weight is 384 g/mol. The monoisotopic (exact) mass is 384 g/mol. The SMILES string of the molecule is CCNC(=O)[C@H](C)NC(=O)COC(=O)C(O)(c1ccccc1)c1ccccc1. The van der Waals surface area contributed by atoms with Gasteiger partial charge in [0.2, 0.25) is 11.5 Å². The number of ether oxygens (including phenoxy) is 1. The maximum atomic E-state index is 12.8. The molecule has 2 rings (SSSR count). The molecule has 0 aliphatic carbocycles. The summed E-state index contributed by atoms with van der Waals surface area (Å²) in [4.78, 5) is 36.4. The van der Waals surface area contributed by atoms with Gasteiger partial charge in [0, 0.05) is 6.54 Å². The number of benzene rings is 2. The Labute approximate surface area is 163 Å². The molecule has 0 aliphatic heterocycles. The van der Waals surface area contributed by atoms with Crippen LogP contribution >= 0.6 is 0 Å². The quantitative estimate of drug-likeness (QED) is 0.592. The molecule has 7 heteroatoms. The van der Waals surface area contributed by atoms with E-state index in [4.69, 9.17) is 4.74 Å². The van der Waals surface area contributed by atoms with E-state index >= 15 is 0 Å². The van der Waals surface area contributed by atoms with E-state index in [0.29, 0.717) is 17.7 Å². The number of aliphatic hydroxyl groups is 1. The summed E-state index contributed by atoms with van der Waals surface area (Å²) in [5, 5.41) is 16.2. The molecule has 0 radical (unpaired) electrons. The minimum atomic E-state index is -2.06. The van der Waals surface area contributed by atoms with E-state index in [9.17, 15) is 19.5 Å². The number of hydrogen-bond donors (Lipinski definition) is 3. The molecular formula is C21H24N2O5. The maximum Gasteiger partial charge on any atom is 0.348 e. The van der Waals surface area contributed by atoms with Crippen molar-refractivity contribution >= 4 is 17.8 Å². The number of nitrogens with one attached hydrogen (secondary N) is 2. The van der Waals surface area contributed by atoms with E-state index in [-0.39, 0.29) is 5.91 Å². The molecule has 0 fully saturated rings. The van der Waals surface area contributed by atoms with Gasteiger partial charge in [-0.1, -0.05) is 60.7 Å². The Morgan fingerprint density at radius 2 is 1.50 bits per heavy atom. The molecule has 3 N–H and O–H groups in total. The van der Waals surface area contributed by atoms with Crippen molar-refractivity contribution in [1.29, 1.82) is 0 Å². The van der Waals surface area contributed by atoms with E-state index < -0.39 is 30.1 Å².